The molecule has 30 heavy (non-hydrogen) atoms. The van der Waals surface area contributed by atoms with Crippen molar-refractivity contribution in [3.05, 3.63) is 59.7 Å². The lowest BCUT2D eigenvalue weighted by molar-refractivity contribution is -0.117. The topological polar surface area (TPSA) is 79.4 Å². The molecule has 0 atom stereocenters. The van der Waals surface area contributed by atoms with Gasteiger partial charge in [0.1, 0.15) is 5.82 Å². The molecule has 0 aliphatic carbocycles. The molecule has 1 aliphatic heterocycles. The summed E-state index contributed by atoms with van der Waals surface area (Å²) in [5, 5.41) is 4.21. The molecule has 0 radical (unpaired) electrons. The van der Waals surface area contributed by atoms with E-state index in [-0.39, 0.29) is 18.1 Å². The van der Waals surface area contributed by atoms with E-state index in [4.69, 9.17) is 4.98 Å². The molecular formula is C23H25N3O3S. The number of pyridine rings is 1. The first-order chi connectivity index (χ1) is 14.4. The highest BCUT2D eigenvalue weighted by molar-refractivity contribution is 7.91. The molecule has 1 N–H and O–H groups in total. The van der Waals surface area contributed by atoms with Gasteiger partial charge in [0.25, 0.3) is 0 Å². The number of anilines is 2. The van der Waals surface area contributed by atoms with E-state index in [1.54, 1.807) is 12.1 Å². The Morgan fingerprint density at radius 2 is 1.97 bits per heavy atom. The zero-order valence-corrected chi connectivity index (χ0v) is 18.0. The van der Waals surface area contributed by atoms with Crippen LogP contribution in [0.25, 0.3) is 10.9 Å². The number of rotatable bonds is 5. The minimum Gasteiger partial charge on any atom is -0.377 e. The van der Waals surface area contributed by atoms with Crippen LogP contribution in [-0.4, -0.2) is 38.0 Å². The molecule has 6 nitrogen and oxygen atoms in total. The minimum absolute atomic E-state index is 0.0364. The Morgan fingerprint density at radius 1 is 1.17 bits per heavy atom. The van der Waals surface area contributed by atoms with Crippen LogP contribution < -0.4 is 10.2 Å². The maximum atomic E-state index is 12.7. The van der Waals surface area contributed by atoms with Crippen molar-refractivity contribution in [3.63, 3.8) is 0 Å². The summed E-state index contributed by atoms with van der Waals surface area (Å²) >= 11 is 0. The molecule has 0 saturated heterocycles. The Kier molecular flexibility index (Phi) is 5.47. The average molecular weight is 424 g/mol. The second kappa shape index (κ2) is 8.07. The van der Waals surface area contributed by atoms with Crippen molar-refractivity contribution in [3.8, 4) is 0 Å². The molecule has 2 aromatic carbocycles. The highest BCUT2D eigenvalue weighted by Gasteiger charge is 2.26. The highest BCUT2D eigenvalue weighted by Crippen LogP contribution is 2.31. The van der Waals surface area contributed by atoms with E-state index in [2.05, 4.69) is 5.32 Å². The molecule has 3 aromatic rings. The predicted molar refractivity (Wildman–Crippen MR) is 120 cm³/mol. The third-order valence-corrected chi connectivity index (χ3v) is 7.23. The number of sulfone groups is 1. The van der Waals surface area contributed by atoms with E-state index in [0.717, 1.165) is 27.7 Å². The minimum atomic E-state index is -3.33. The summed E-state index contributed by atoms with van der Waals surface area (Å²) in [5.74, 6) is 0.864. The molecule has 0 unspecified atom stereocenters. The number of ketones is 1. The maximum Gasteiger partial charge on any atom is 0.180 e. The average Bonchev–Trinajstić information content (AvgIpc) is 2.88. The standard InChI is InChI=1S/C23H25N3O3S/c1-3-18(27)14-24-21-13-23(25-20-9-8-16(2)12-19(20)21)26-10-11-30(28,29)22-7-5-4-6-17(22)15-26/h4-9,12-13H,3,10-11,14-15H2,1-2H3,(H,24,25). The second-order valence-electron chi connectivity index (χ2n) is 7.64. The number of hydrogen-bond acceptors (Lipinski definition) is 6. The molecule has 0 bridgehead atoms. The summed E-state index contributed by atoms with van der Waals surface area (Å²) < 4.78 is 25.4. The Balaban J connectivity index is 1.77. The Bertz CT molecular complexity index is 1220. The summed E-state index contributed by atoms with van der Waals surface area (Å²) in [6.45, 7) is 4.94. The third kappa shape index (κ3) is 4.03. The molecule has 1 aromatic heterocycles. The smallest absolute Gasteiger partial charge is 0.180 e. The number of Topliss-reactive ketones (excluding diaryl/α,β-unsaturated/α-hetero) is 1. The number of hydrogen-bond donors (Lipinski definition) is 1. The van der Waals surface area contributed by atoms with E-state index in [1.165, 1.54) is 0 Å². The Labute approximate surface area is 176 Å². The first kappa shape index (κ1) is 20.3. The van der Waals surface area contributed by atoms with E-state index in [1.807, 2.05) is 55.1 Å². The Hall–Kier alpha value is -2.93. The second-order valence-corrected chi connectivity index (χ2v) is 9.72. The van der Waals surface area contributed by atoms with Gasteiger partial charge in [0.05, 0.1) is 22.7 Å². The van der Waals surface area contributed by atoms with Gasteiger partial charge in [0, 0.05) is 36.7 Å². The summed E-state index contributed by atoms with van der Waals surface area (Å²) in [7, 11) is -3.33. The van der Waals surface area contributed by atoms with E-state index >= 15 is 0 Å². The zero-order chi connectivity index (χ0) is 21.3. The Morgan fingerprint density at radius 3 is 2.77 bits per heavy atom. The van der Waals surface area contributed by atoms with Crippen molar-refractivity contribution in [2.24, 2.45) is 0 Å². The van der Waals surface area contributed by atoms with Gasteiger partial charge in [0.2, 0.25) is 0 Å². The molecule has 0 spiro atoms. The maximum absolute atomic E-state index is 12.7. The van der Waals surface area contributed by atoms with Gasteiger partial charge in [-0.25, -0.2) is 13.4 Å². The van der Waals surface area contributed by atoms with Crippen molar-refractivity contribution >= 4 is 38.0 Å². The number of aryl methyl sites for hydroxylation is 1. The predicted octanol–water partition coefficient (Wildman–Crippen LogP) is 3.73. The summed E-state index contributed by atoms with van der Waals surface area (Å²) in [6.07, 6.45) is 0.475. The molecular weight excluding hydrogens is 398 g/mol. The fourth-order valence-electron chi connectivity index (χ4n) is 3.71. The van der Waals surface area contributed by atoms with Crippen LogP contribution in [0, 0.1) is 6.92 Å². The zero-order valence-electron chi connectivity index (χ0n) is 17.2. The fourth-order valence-corrected chi connectivity index (χ4v) is 5.21. The van der Waals surface area contributed by atoms with Crippen LogP contribution >= 0.6 is 0 Å². The van der Waals surface area contributed by atoms with Crippen LogP contribution in [0.2, 0.25) is 0 Å². The lowest BCUT2D eigenvalue weighted by Gasteiger charge is -2.23. The largest absolute Gasteiger partial charge is 0.377 e. The van der Waals surface area contributed by atoms with E-state index < -0.39 is 9.84 Å². The quantitative estimate of drug-likeness (QED) is 0.674. The van der Waals surface area contributed by atoms with Crippen molar-refractivity contribution < 1.29 is 13.2 Å². The third-order valence-electron chi connectivity index (χ3n) is 5.44. The van der Waals surface area contributed by atoms with Crippen molar-refractivity contribution in [1.82, 2.24) is 4.98 Å². The lowest BCUT2D eigenvalue weighted by atomic mass is 10.1. The van der Waals surface area contributed by atoms with Crippen molar-refractivity contribution in [2.45, 2.75) is 31.7 Å². The molecule has 0 fully saturated rings. The summed E-state index contributed by atoms with van der Waals surface area (Å²) in [5.41, 5.74) is 3.53. The van der Waals surface area contributed by atoms with Crippen LogP contribution in [0.5, 0.6) is 0 Å². The SMILES string of the molecule is CCC(=O)CNc1cc(N2CCS(=O)(=O)c3ccccc3C2)nc2ccc(C)cc12. The van der Waals surface area contributed by atoms with Gasteiger partial charge in [-0.15, -0.1) is 0 Å². The molecule has 1 aliphatic rings. The monoisotopic (exact) mass is 423 g/mol. The number of carbonyl (C=O) groups is 1. The van der Waals surface area contributed by atoms with Gasteiger partial charge in [-0.3, -0.25) is 4.79 Å². The van der Waals surface area contributed by atoms with Gasteiger partial charge in [-0.05, 0) is 30.7 Å². The summed E-state index contributed by atoms with van der Waals surface area (Å²) in [6, 6.07) is 15.1. The number of nitrogens with zero attached hydrogens (tertiary/aromatic N) is 2. The lowest BCUT2D eigenvalue weighted by Crippen LogP contribution is -2.26. The van der Waals surface area contributed by atoms with Gasteiger partial charge >= 0.3 is 0 Å². The fraction of sp³-hybridized carbons (Fsp3) is 0.304. The van der Waals surface area contributed by atoms with Gasteiger partial charge in [-0.1, -0.05) is 36.8 Å². The number of aromatic nitrogens is 1. The van der Waals surface area contributed by atoms with Crippen LogP contribution in [0.15, 0.2) is 53.4 Å². The van der Waals surface area contributed by atoms with Crippen molar-refractivity contribution in [2.75, 3.05) is 29.1 Å². The van der Waals surface area contributed by atoms with Gasteiger partial charge < -0.3 is 10.2 Å². The van der Waals surface area contributed by atoms with Crippen molar-refractivity contribution in [1.29, 1.82) is 0 Å². The molecule has 0 amide bonds. The van der Waals surface area contributed by atoms with Crippen LogP contribution in [0.3, 0.4) is 0 Å². The molecule has 156 valence electrons. The van der Waals surface area contributed by atoms with Gasteiger partial charge in [-0.2, -0.15) is 0 Å². The summed E-state index contributed by atoms with van der Waals surface area (Å²) in [4.78, 5) is 19.1. The number of benzene rings is 2. The van der Waals surface area contributed by atoms with Crippen LogP contribution in [-0.2, 0) is 21.2 Å². The first-order valence-electron chi connectivity index (χ1n) is 10.1. The van der Waals surface area contributed by atoms with Crippen LogP contribution in [0.1, 0.15) is 24.5 Å². The van der Waals surface area contributed by atoms with E-state index in [9.17, 15) is 13.2 Å². The molecule has 4 rings (SSSR count). The molecule has 7 heteroatoms. The normalized spacial score (nSPS) is 15.5. The number of carbonyl (C=O) groups excluding carboxylic acids is 1. The molecule has 0 saturated carbocycles. The first-order valence-corrected chi connectivity index (χ1v) is 11.7. The molecule has 2 heterocycles. The number of nitrogens with one attached hydrogen (secondary N) is 1. The van der Waals surface area contributed by atoms with Gasteiger partial charge in [0.15, 0.2) is 15.6 Å². The number of fused-ring (bicyclic) bond motifs is 2. The van der Waals surface area contributed by atoms with Crippen LogP contribution in [0.4, 0.5) is 11.5 Å². The highest BCUT2D eigenvalue weighted by atomic mass is 32.2. The van der Waals surface area contributed by atoms with E-state index in [0.29, 0.717) is 30.2 Å².